The van der Waals surface area contributed by atoms with Crippen molar-refractivity contribution in [2.24, 2.45) is 0 Å². The Morgan fingerprint density at radius 3 is 2.94 bits per heavy atom. The third-order valence-corrected chi connectivity index (χ3v) is 3.64. The lowest BCUT2D eigenvalue weighted by molar-refractivity contribution is 0.297. The van der Waals surface area contributed by atoms with Gasteiger partial charge in [-0.3, -0.25) is 0 Å². The summed E-state index contributed by atoms with van der Waals surface area (Å²) in [6.07, 6.45) is 2.07. The SMILES string of the molecule is Clc1cc(C2CCNC2)cc2c1OCCCO2. The molecule has 0 aromatic heterocycles. The van der Waals surface area contributed by atoms with Gasteiger partial charge in [-0.05, 0) is 36.6 Å². The molecular formula is C13H16ClNO2. The molecular weight excluding hydrogens is 238 g/mol. The standard InChI is InChI=1S/C13H16ClNO2/c14-11-6-10(9-2-3-15-8-9)7-12-13(11)17-5-1-4-16-12/h6-7,9,15H,1-5,8H2. The number of halogens is 1. The maximum absolute atomic E-state index is 6.27. The minimum Gasteiger partial charge on any atom is -0.489 e. The Labute approximate surface area is 106 Å². The van der Waals surface area contributed by atoms with E-state index in [-0.39, 0.29) is 0 Å². The van der Waals surface area contributed by atoms with Gasteiger partial charge in [0.2, 0.25) is 0 Å². The maximum Gasteiger partial charge on any atom is 0.179 e. The lowest BCUT2D eigenvalue weighted by Gasteiger charge is -2.14. The van der Waals surface area contributed by atoms with Gasteiger partial charge in [0, 0.05) is 13.0 Å². The van der Waals surface area contributed by atoms with Crippen molar-refractivity contribution in [3.63, 3.8) is 0 Å². The lowest BCUT2D eigenvalue weighted by atomic mass is 9.98. The number of benzene rings is 1. The van der Waals surface area contributed by atoms with Gasteiger partial charge in [0.1, 0.15) is 0 Å². The third-order valence-electron chi connectivity index (χ3n) is 3.36. The van der Waals surface area contributed by atoms with Crippen molar-refractivity contribution in [2.75, 3.05) is 26.3 Å². The first-order valence-electron chi connectivity index (χ1n) is 6.14. The number of nitrogens with one attached hydrogen (secondary N) is 1. The second kappa shape index (κ2) is 4.75. The average Bonchev–Trinajstić information content (AvgIpc) is 2.75. The maximum atomic E-state index is 6.27. The summed E-state index contributed by atoms with van der Waals surface area (Å²) in [4.78, 5) is 0. The van der Waals surface area contributed by atoms with E-state index in [1.165, 1.54) is 5.56 Å². The van der Waals surface area contributed by atoms with Crippen LogP contribution in [0.3, 0.4) is 0 Å². The van der Waals surface area contributed by atoms with E-state index in [9.17, 15) is 0 Å². The van der Waals surface area contributed by atoms with E-state index in [0.29, 0.717) is 29.9 Å². The summed E-state index contributed by atoms with van der Waals surface area (Å²) in [6.45, 7) is 3.49. The fraction of sp³-hybridized carbons (Fsp3) is 0.538. The monoisotopic (exact) mass is 253 g/mol. The Balaban J connectivity index is 1.96. The van der Waals surface area contributed by atoms with Crippen LogP contribution in [0, 0.1) is 0 Å². The zero-order valence-corrected chi connectivity index (χ0v) is 10.4. The topological polar surface area (TPSA) is 30.5 Å². The molecule has 2 aliphatic rings. The normalized spacial score (nSPS) is 23.5. The van der Waals surface area contributed by atoms with Crippen LogP contribution in [0.1, 0.15) is 24.3 Å². The molecule has 1 N–H and O–H groups in total. The number of ether oxygens (including phenoxy) is 2. The quantitative estimate of drug-likeness (QED) is 0.835. The number of hydrogen-bond donors (Lipinski definition) is 1. The lowest BCUT2D eigenvalue weighted by Crippen LogP contribution is -2.08. The molecule has 0 radical (unpaired) electrons. The zero-order chi connectivity index (χ0) is 11.7. The summed E-state index contributed by atoms with van der Waals surface area (Å²) in [5.74, 6) is 2.06. The summed E-state index contributed by atoms with van der Waals surface area (Å²) in [6, 6.07) is 4.11. The van der Waals surface area contributed by atoms with Gasteiger partial charge in [-0.2, -0.15) is 0 Å². The van der Waals surface area contributed by atoms with Crippen molar-refractivity contribution < 1.29 is 9.47 Å². The first-order chi connectivity index (χ1) is 8.34. The van der Waals surface area contributed by atoms with Crippen LogP contribution in [0.25, 0.3) is 0 Å². The first-order valence-corrected chi connectivity index (χ1v) is 6.52. The van der Waals surface area contributed by atoms with Gasteiger partial charge in [0.05, 0.1) is 18.2 Å². The Bertz CT molecular complexity index is 416. The summed E-state index contributed by atoms with van der Waals surface area (Å²) in [5, 5.41) is 4.04. The molecule has 1 aromatic rings. The highest BCUT2D eigenvalue weighted by molar-refractivity contribution is 6.32. The Hall–Kier alpha value is -0.930. The zero-order valence-electron chi connectivity index (χ0n) is 9.67. The molecule has 17 heavy (non-hydrogen) atoms. The van der Waals surface area contributed by atoms with Gasteiger partial charge < -0.3 is 14.8 Å². The highest BCUT2D eigenvalue weighted by Crippen LogP contribution is 2.40. The fourth-order valence-corrected chi connectivity index (χ4v) is 2.70. The van der Waals surface area contributed by atoms with Crippen molar-refractivity contribution >= 4 is 11.6 Å². The van der Waals surface area contributed by atoms with E-state index < -0.39 is 0 Å². The van der Waals surface area contributed by atoms with Crippen LogP contribution in [0.2, 0.25) is 5.02 Å². The molecule has 2 aliphatic heterocycles. The van der Waals surface area contributed by atoms with Crippen LogP contribution in [-0.2, 0) is 0 Å². The van der Waals surface area contributed by atoms with E-state index in [1.807, 2.05) is 6.07 Å². The number of fused-ring (bicyclic) bond motifs is 1. The minimum absolute atomic E-state index is 0.546. The van der Waals surface area contributed by atoms with Gasteiger partial charge in [0.25, 0.3) is 0 Å². The Morgan fingerprint density at radius 2 is 2.12 bits per heavy atom. The Kier molecular flexibility index (Phi) is 3.12. The molecule has 2 heterocycles. The number of rotatable bonds is 1. The van der Waals surface area contributed by atoms with E-state index in [0.717, 1.165) is 31.7 Å². The molecule has 3 nitrogen and oxygen atoms in total. The highest BCUT2D eigenvalue weighted by Gasteiger charge is 2.21. The molecule has 0 bridgehead atoms. The second-order valence-corrected chi connectivity index (χ2v) is 4.98. The molecule has 92 valence electrons. The predicted octanol–water partition coefficient (Wildman–Crippen LogP) is 2.58. The summed E-state index contributed by atoms with van der Waals surface area (Å²) >= 11 is 6.27. The van der Waals surface area contributed by atoms with Crippen molar-refractivity contribution in [1.29, 1.82) is 0 Å². The van der Waals surface area contributed by atoms with Crippen LogP contribution in [-0.4, -0.2) is 26.3 Å². The molecule has 1 fully saturated rings. The van der Waals surface area contributed by atoms with Crippen LogP contribution >= 0.6 is 11.6 Å². The first kappa shape index (κ1) is 11.2. The van der Waals surface area contributed by atoms with Crippen molar-refractivity contribution in [3.05, 3.63) is 22.7 Å². The molecule has 0 spiro atoms. The predicted molar refractivity (Wildman–Crippen MR) is 67.3 cm³/mol. The number of hydrogen-bond acceptors (Lipinski definition) is 3. The van der Waals surface area contributed by atoms with Crippen molar-refractivity contribution in [2.45, 2.75) is 18.8 Å². The molecule has 0 aliphatic carbocycles. The minimum atomic E-state index is 0.546. The summed E-state index contributed by atoms with van der Waals surface area (Å²) in [5.41, 5.74) is 1.25. The van der Waals surface area contributed by atoms with Gasteiger partial charge in [-0.15, -0.1) is 0 Å². The van der Waals surface area contributed by atoms with Gasteiger partial charge in [-0.25, -0.2) is 0 Å². The molecule has 3 rings (SSSR count). The second-order valence-electron chi connectivity index (χ2n) is 4.57. The third kappa shape index (κ3) is 2.22. The molecule has 1 aromatic carbocycles. The molecule has 1 unspecified atom stereocenters. The molecule has 1 saturated heterocycles. The van der Waals surface area contributed by atoms with E-state index in [1.54, 1.807) is 0 Å². The van der Waals surface area contributed by atoms with Crippen LogP contribution in [0.15, 0.2) is 12.1 Å². The van der Waals surface area contributed by atoms with Crippen LogP contribution < -0.4 is 14.8 Å². The van der Waals surface area contributed by atoms with Crippen molar-refractivity contribution in [3.8, 4) is 11.5 Å². The van der Waals surface area contributed by atoms with E-state index >= 15 is 0 Å². The Morgan fingerprint density at radius 1 is 1.24 bits per heavy atom. The van der Waals surface area contributed by atoms with Gasteiger partial charge in [0.15, 0.2) is 11.5 Å². The fourth-order valence-electron chi connectivity index (χ4n) is 2.43. The highest BCUT2D eigenvalue weighted by atomic mass is 35.5. The molecule has 0 saturated carbocycles. The van der Waals surface area contributed by atoms with Crippen LogP contribution in [0.4, 0.5) is 0 Å². The van der Waals surface area contributed by atoms with E-state index in [2.05, 4.69) is 11.4 Å². The smallest absolute Gasteiger partial charge is 0.179 e. The average molecular weight is 254 g/mol. The summed E-state index contributed by atoms with van der Waals surface area (Å²) < 4.78 is 11.3. The molecule has 0 amide bonds. The van der Waals surface area contributed by atoms with E-state index in [4.69, 9.17) is 21.1 Å². The van der Waals surface area contributed by atoms with Crippen molar-refractivity contribution in [1.82, 2.24) is 5.32 Å². The van der Waals surface area contributed by atoms with Crippen LogP contribution in [0.5, 0.6) is 11.5 Å². The molecule has 1 atom stereocenters. The van der Waals surface area contributed by atoms with Gasteiger partial charge in [-0.1, -0.05) is 11.6 Å². The molecule has 4 heteroatoms. The summed E-state index contributed by atoms with van der Waals surface area (Å²) in [7, 11) is 0. The largest absolute Gasteiger partial charge is 0.489 e. The van der Waals surface area contributed by atoms with Gasteiger partial charge >= 0.3 is 0 Å².